The van der Waals surface area contributed by atoms with E-state index in [9.17, 15) is 5.26 Å². The number of fused-ring (bicyclic) bond motifs is 1. The van der Waals surface area contributed by atoms with Crippen LogP contribution in [0.25, 0.3) is 11.5 Å². The Bertz CT molecular complexity index is 974. The van der Waals surface area contributed by atoms with Gasteiger partial charge < -0.3 is 9.73 Å². The number of benzene rings is 1. The molecular formula is C18H14ClN5O. The number of aromatic nitrogens is 3. The first kappa shape index (κ1) is 15.6. The molecule has 6 nitrogen and oxygen atoms in total. The molecule has 1 aliphatic carbocycles. The summed E-state index contributed by atoms with van der Waals surface area (Å²) in [5.74, 6) is 1.04. The number of hydrogen-bond acceptors (Lipinski definition) is 6. The minimum atomic E-state index is 0.135. The first-order valence-electron chi connectivity index (χ1n) is 7.85. The van der Waals surface area contributed by atoms with Crippen molar-refractivity contribution < 1.29 is 4.42 Å². The third-order valence-corrected chi connectivity index (χ3v) is 4.41. The number of nitriles is 1. The fourth-order valence-electron chi connectivity index (χ4n) is 3.08. The summed E-state index contributed by atoms with van der Waals surface area (Å²) in [6, 6.07) is 5.99. The van der Waals surface area contributed by atoms with E-state index in [1.807, 2.05) is 13.0 Å². The summed E-state index contributed by atoms with van der Waals surface area (Å²) in [5.41, 5.74) is 4.34. The van der Waals surface area contributed by atoms with Crippen LogP contribution >= 0.6 is 11.6 Å². The molecule has 1 N–H and O–H groups in total. The number of halogens is 1. The molecule has 1 aliphatic rings. The molecule has 0 amide bonds. The van der Waals surface area contributed by atoms with Crippen LogP contribution < -0.4 is 5.32 Å². The second-order valence-electron chi connectivity index (χ2n) is 6.04. The van der Waals surface area contributed by atoms with E-state index < -0.39 is 0 Å². The van der Waals surface area contributed by atoms with Gasteiger partial charge in [-0.1, -0.05) is 11.6 Å². The summed E-state index contributed by atoms with van der Waals surface area (Å²) < 4.78 is 5.35. The Morgan fingerprint density at radius 1 is 1.28 bits per heavy atom. The van der Waals surface area contributed by atoms with E-state index in [4.69, 9.17) is 16.0 Å². The van der Waals surface area contributed by atoms with Gasteiger partial charge in [-0.05, 0) is 43.0 Å². The lowest BCUT2D eigenvalue weighted by atomic mass is 10.0. The molecular weight excluding hydrogens is 338 g/mol. The average Bonchev–Trinajstić information content (AvgIpc) is 3.20. The van der Waals surface area contributed by atoms with Gasteiger partial charge in [0.1, 0.15) is 6.26 Å². The maximum atomic E-state index is 9.27. The minimum absolute atomic E-state index is 0.135. The van der Waals surface area contributed by atoms with Crippen molar-refractivity contribution in [1.29, 1.82) is 5.26 Å². The summed E-state index contributed by atoms with van der Waals surface area (Å²) in [4.78, 5) is 12.9. The van der Waals surface area contributed by atoms with Crippen LogP contribution in [0.2, 0.25) is 5.02 Å². The third kappa shape index (κ3) is 3.06. The van der Waals surface area contributed by atoms with Gasteiger partial charge in [0.15, 0.2) is 0 Å². The van der Waals surface area contributed by atoms with E-state index in [0.29, 0.717) is 22.4 Å². The highest BCUT2D eigenvalue weighted by molar-refractivity contribution is 6.30. The quantitative estimate of drug-likeness (QED) is 0.776. The molecule has 124 valence electrons. The zero-order valence-corrected chi connectivity index (χ0v) is 14.2. The van der Waals surface area contributed by atoms with E-state index in [-0.39, 0.29) is 6.04 Å². The third-order valence-electron chi connectivity index (χ3n) is 4.20. The van der Waals surface area contributed by atoms with Crippen LogP contribution in [0.3, 0.4) is 0 Å². The zero-order chi connectivity index (χ0) is 17.4. The molecule has 0 radical (unpaired) electrons. The van der Waals surface area contributed by atoms with Crippen molar-refractivity contribution in [3.05, 3.63) is 58.2 Å². The molecule has 0 bridgehead atoms. The second-order valence-corrected chi connectivity index (χ2v) is 6.48. The number of hydrogen-bond donors (Lipinski definition) is 1. The van der Waals surface area contributed by atoms with Gasteiger partial charge in [0.05, 0.1) is 22.9 Å². The van der Waals surface area contributed by atoms with E-state index in [1.165, 1.54) is 0 Å². The molecule has 2 heterocycles. The Morgan fingerprint density at radius 3 is 2.76 bits per heavy atom. The van der Waals surface area contributed by atoms with Crippen LogP contribution in [0.5, 0.6) is 0 Å². The first-order chi connectivity index (χ1) is 12.1. The predicted octanol–water partition coefficient (Wildman–Crippen LogP) is 3.54. The van der Waals surface area contributed by atoms with Crippen molar-refractivity contribution in [1.82, 2.24) is 15.0 Å². The number of aryl methyl sites for hydroxylation is 1. The van der Waals surface area contributed by atoms with Crippen LogP contribution in [0.15, 0.2) is 35.2 Å². The second kappa shape index (κ2) is 6.19. The summed E-state index contributed by atoms with van der Waals surface area (Å²) in [5, 5.41) is 13.2. The van der Waals surface area contributed by atoms with Crippen LogP contribution in [0, 0.1) is 18.3 Å². The van der Waals surface area contributed by atoms with Crippen LogP contribution in [-0.4, -0.2) is 21.0 Å². The molecule has 2 aromatic heterocycles. The SMILES string of the molecule is Cc1coc(-c2cnc(N[C@H]3Cc4cc(Cl)cc(C#N)c4C3)nc2)n1. The molecule has 1 aromatic carbocycles. The fraction of sp³-hybridized carbons (Fsp3) is 0.222. The molecule has 0 unspecified atom stereocenters. The lowest BCUT2D eigenvalue weighted by Crippen LogP contribution is -2.21. The van der Waals surface area contributed by atoms with Crippen molar-refractivity contribution in [2.45, 2.75) is 25.8 Å². The van der Waals surface area contributed by atoms with Gasteiger partial charge >= 0.3 is 0 Å². The van der Waals surface area contributed by atoms with Crippen molar-refractivity contribution in [2.24, 2.45) is 0 Å². The normalized spacial score (nSPS) is 15.6. The van der Waals surface area contributed by atoms with Crippen molar-refractivity contribution in [3.63, 3.8) is 0 Å². The Hall–Kier alpha value is -2.91. The lowest BCUT2D eigenvalue weighted by molar-refractivity contribution is 0.573. The van der Waals surface area contributed by atoms with Crippen LogP contribution in [-0.2, 0) is 12.8 Å². The summed E-state index contributed by atoms with van der Waals surface area (Å²) in [6.45, 7) is 1.86. The molecule has 0 saturated carbocycles. The van der Waals surface area contributed by atoms with Gasteiger partial charge in [-0.2, -0.15) is 5.26 Å². The van der Waals surface area contributed by atoms with Gasteiger partial charge in [-0.3, -0.25) is 0 Å². The fourth-order valence-corrected chi connectivity index (χ4v) is 3.33. The Morgan fingerprint density at radius 2 is 2.08 bits per heavy atom. The molecule has 25 heavy (non-hydrogen) atoms. The van der Waals surface area contributed by atoms with E-state index in [0.717, 1.165) is 35.2 Å². The molecule has 3 aromatic rings. The number of rotatable bonds is 3. The molecule has 0 saturated heterocycles. The van der Waals surface area contributed by atoms with Gasteiger partial charge in [-0.15, -0.1) is 0 Å². The average molecular weight is 352 g/mol. The highest BCUT2D eigenvalue weighted by Gasteiger charge is 2.25. The molecule has 1 atom stereocenters. The van der Waals surface area contributed by atoms with E-state index in [2.05, 4.69) is 26.3 Å². The minimum Gasteiger partial charge on any atom is -0.444 e. The molecule has 7 heteroatoms. The lowest BCUT2D eigenvalue weighted by Gasteiger charge is -2.11. The maximum Gasteiger partial charge on any atom is 0.229 e. The standard InChI is InChI=1S/C18H14ClN5O/c1-10-9-25-17(23-10)13-7-21-18(22-8-13)24-15-4-11-2-14(19)3-12(6-20)16(11)5-15/h2-3,7-9,15H,4-5H2,1H3,(H,21,22,24)/t15-/m0/s1. The topological polar surface area (TPSA) is 87.6 Å². The van der Waals surface area contributed by atoms with Crippen molar-refractivity contribution in [3.8, 4) is 17.5 Å². The van der Waals surface area contributed by atoms with Gasteiger partial charge in [-0.25, -0.2) is 15.0 Å². The number of nitrogens with one attached hydrogen (secondary N) is 1. The zero-order valence-electron chi connectivity index (χ0n) is 13.5. The maximum absolute atomic E-state index is 9.27. The smallest absolute Gasteiger partial charge is 0.229 e. The summed E-state index contributed by atoms with van der Waals surface area (Å²) >= 11 is 6.08. The Balaban J connectivity index is 1.49. The number of nitrogens with zero attached hydrogens (tertiary/aromatic N) is 4. The predicted molar refractivity (Wildman–Crippen MR) is 93.3 cm³/mol. The van der Waals surface area contributed by atoms with Crippen LogP contribution in [0.4, 0.5) is 5.95 Å². The highest BCUT2D eigenvalue weighted by atomic mass is 35.5. The number of anilines is 1. The summed E-state index contributed by atoms with van der Waals surface area (Å²) in [7, 11) is 0. The molecule has 0 fully saturated rings. The van der Waals surface area contributed by atoms with E-state index in [1.54, 1.807) is 24.7 Å². The van der Waals surface area contributed by atoms with E-state index >= 15 is 0 Å². The monoisotopic (exact) mass is 351 g/mol. The number of oxazole rings is 1. The Kier molecular flexibility index (Phi) is 3.86. The summed E-state index contributed by atoms with van der Waals surface area (Å²) in [6.07, 6.45) is 6.49. The van der Waals surface area contributed by atoms with Gasteiger partial charge in [0.2, 0.25) is 11.8 Å². The highest BCUT2D eigenvalue weighted by Crippen LogP contribution is 2.30. The molecule has 0 spiro atoms. The Labute approximate surface area is 149 Å². The van der Waals surface area contributed by atoms with Crippen molar-refractivity contribution >= 4 is 17.5 Å². The van der Waals surface area contributed by atoms with Gasteiger partial charge in [0, 0.05) is 23.5 Å². The van der Waals surface area contributed by atoms with Crippen molar-refractivity contribution in [2.75, 3.05) is 5.32 Å². The molecule has 4 rings (SSSR count). The van der Waals surface area contributed by atoms with Gasteiger partial charge in [0.25, 0.3) is 0 Å². The largest absolute Gasteiger partial charge is 0.444 e. The van der Waals surface area contributed by atoms with Crippen LogP contribution in [0.1, 0.15) is 22.4 Å². The first-order valence-corrected chi connectivity index (χ1v) is 8.22. The molecule has 0 aliphatic heterocycles.